The van der Waals surface area contributed by atoms with Crippen LogP contribution in [0.2, 0.25) is 0 Å². The van der Waals surface area contributed by atoms with E-state index in [9.17, 15) is 18.0 Å². The van der Waals surface area contributed by atoms with E-state index in [0.717, 1.165) is 33.5 Å². The first-order valence-electron chi connectivity index (χ1n) is 10.5. The van der Waals surface area contributed by atoms with Gasteiger partial charge >= 0.3 is 12.3 Å². The Labute approximate surface area is 191 Å². The molecule has 33 heavy (non-hydrogen) atoms. The Hall–Kier alpha value is -3.35. The number of alkyl halides is 3. The number of fused-ring (bicyclic) bond motifs is 1. The molecule has 1 N–H and O–H groups in total. The van der Waals surface area contributed by atoms with Crippen molar-refractivity contribution in [3.63, 3.8) is 0 Å². The molecule has 0 aliphatic heterocycles. The summed E-state index contributed by atoms with van der Waals surface area (Å²) in [6.45, 7) is 9.05. The summed E-state index contributed by atoms with van der Waals surface area (Å²) >= 11 is 0. The van der Waals surface area contributed by atoms with Crippen LogP contribution in [-0.2, 0) is 17.5 Å². The van der Waals surface area contributed by atoms with Crippen LogP contribution < -0.4 is 5.32 Å². The largest absolute Gasteiger partial charge is 0.444 e. The number of hydrogen-bond donors (Lipinski definition) is 1. The van der Waals surface area contributed by atoms with E-state index < -0.39 is 23.4 Å². The van der Waals surface area contributed by atoms with Gasteiger partial charge in [0, 0.05) is 0 Å². The second-order valence-electron chi connectivity index (χ2n) is 8.87. The molecule has 0 atom stereocenters. The summed E-state index contributed by atoms with van der Waals surface area (Å²) in [5.74, 6) is 0.427. The quantitative estimate of drug-likeness (QED) is 0.333. The SMILES string of the molecule is CC(=NCc1cccc2c(-c3ccc(C(F)(F)F)cc3C)cccc12)NC(=O)OC(C)(C)C. The molecule has 0 aliphatic rings. The zero-order valence-corrected chi connectivity index (χ0v) is 19.3. The van der Waals surface area contributed by atoms with Crippen molar-refractivity contribution in [2.45, 2.75) is 52.9 Å². The predicted octanol–water partition coefficient (Wildman–Crippen LogP) is 7.28. The van der Waals surface area contributed by atoms with Crippen LogP contribution in [0.15, 0.2) is 59.6 Å². The molecule has 0 bridgehead atoms. The number of halogens is 3. The fourth-order valence-corrected chi connectivity index (χ4v) is 3.58. The van der Waals surface area contributed by atoms with Gasteiger partial charge in [-0.15, -0.1) is 0 Å². The minimum atomic E-state index is -4.38. The fraction of sp³-hybridized carbons (Fsp3) is 0.308. The van der Waals surface area contributed by atoms with Crippen molar-refractivity contribution in [1.82, 2.24) is 5.32 Å². The van der Waals surface area contributed by atoms with Crippen molar-refractivity contribution in [2.75, 3.05) is 0 Å². The third-order valence-electron chi connectivity index (χ3n) is 5.02. The zero-order valence-electron chi connectivity index (χ0n) is 19.3. The second kappa shape index (κ2) is 9.25. The molecule has 4 nitrogen and oxygen atoms in total. The molecule has 0 fully saturated rings. The van der Waals surface area contributed by atoms with Crippen molar-refractivity contribution < 1.29 is 22.7 Å². The summed E-state index contributed by atoms with van der Waals surface area (Å²) in [4.78, 5) is 16.4. The number of carbonyl (C=O) groups is 1. The molecule has 0 aromatic heterocycles. The van der Waals surface area contributed by atoms with Gasteiger partial charge in [0.1, 0.15) is 11.4 Å². The number of ether oxygens (including phenoxy) is 1. The van der Waals surface area contributed by atoms with Crippen LogP contribution in [0.5, 0.6) is 0 Å². The third kappa shape index (κ3) is 6.12. The number of alkyl carbamates (subject to hydrolysis) is 1. The van der Waals surface area contributed by atoms with Crippen molar-refractivity contribution in [2.24, 2.45) is 4.99 Å². The molecule has 0 saturated heterocycles. The molecular weight excluding hydrogens is 429 g/mol. The summed E-state index contributed by atoms with van der Waals surface area (Å²) < 4.78 is 44.4. The number of benzene rings is 3. The highest BCUT2D eigenvalue weighted by atomic mass is 19.4. The van der Waals surface area contributed by atoms with E-state index in [0.29, 0.717) is 17.9 Å². The Morgan fingerprint density at radius 3 is 2.27 bits per heavy atom. The Morgan fingerprint density at radius 2 is 1.64 bits per heavy atom. The number of aryl methyl sites for hydroxylation is 1. The Balaban J connectivity index is 1.91. The fourth-order valence-electron chi connectivity index (χ4n) is 3.58. The number of aliphatic imine (C=N–C) groups is 1. The summed E-state index contributed by atoms with van der Waals surface area (Å²) in [6.07, 6.45) is -4.94. The van der Waals surface area contributed by atoms with Crippen LogP contribution in [0, 0.1) is 6.92 Å². The molecule has 3 aromatic carbocycles. The van der Waals surface area contributed by atoms with Gasteiger partial charge in [-0.2, -0.15) is 13.2 Å². The van der Waals surface area contributed by atoms with Crippen LogP contribution in [0.4, 0.5) is 18.0 Å². The molecule has 0 unspecified atom stereocenters. The smallest absolute Gasteiger partial charge is 0.416 e. The number of nitrogens with zero attached hydrogens (tertiary/aromatic N) is 1. The highest BCUT2D eigenvalue weighted by molar-refractivity contribution is 5.99. The van der Waals surface area contributed by atoms with Gasteiger partial charge in [0.05, 0.1) is 12.1 Å². The van der Waals surface area contributed by atoms with E-state index in [4.69, 9.17) is 4.74 Å². The first kappa shape index (κ1) is 24.3. The van der Waals surface area contributed by atoms with E-state index in [2.05, 4.69) is 10.3 Å². The maximum absolute atomic E-state index is 13.1. The lowest BCUT2D eigenvalue weighted by Gasteiger charge is -2.19. The van der Waals surface area contributed by atoms with Gasteiger partial charge in [0.25, 0.3) is 0 Å². The summed E-state index contributed by atoms with van der Waals surface area (Å²) in [6, 6.07) is 15.3. The minimum absolute atomic E-state index is 0.328. The highest BCUT2D eigenvalue weighted by Crippen LogP contribution is 2.36. The van der Waals surface area contributed by atoms with Gasteiger partial charge in [-0.1, -0.05) is 42.5 Å². The van der Waals surface area contributed by atoms with Crippen LogP contribution in [0.25, 0.3) is 21.9 Å². The lowest BCUT2D eigenvalue weighted by molar-refractivity contribution is -0.137. The first-order valence-corrected chi connectivity index (χ1v) is 10.5. The highest BCUT2D eigenvalue weighted by Gasteiger charge is 2.30. The third-order valence-corrected chi connectivity index (χ3v) is 5.02. The maximum atomic E-state index is 13.1. The molecule has 0 heterocycles. The average Bonchev–Trinajstić information content (AvgIpc) is 2.69. The molecule has 7 heteroatoms. The van der Waals surface area contributed by atoms with E-state index in [-0.39, 0.29) is 0 Å². The molecule has 0 spiro atoms. The standard InChI is InChI=1S/C26H27F3N2O2/c1-16-14-19(26(27,28)29)12-13-20(16)22-11-7-9-21-18(8-6-10-23(21)22)15-30-17(2)31-24(32)33-25(3,4)5/h6-14H,15H2,1-5H3,(H,30,31,32). The van der Waals surface area contributed by atoms with Gasteiger partial charge in [-0.3, -0.25) is 10.3 Å². The maximum Gasteiger partial charge on any atom is 0.416 e. The van der Waals surface area contributed by atoms with E-state index in [1.807, 2.05) is 36.4 Å². The molecule has 0 aliphatic carbocycles. The van der Waals surface area contributed by atoms with Crippen LogP contribution in [0.1, 0.15) is 44.4 Å². The van der Waals surface area contributed by atoms with E-state index >= 15 is 0 Å². The monoisotopic (exact) mass is 456 g/mol. The van der Waals surface area contributed by atoms with Gasteiger partial charge < -0.3 is 4.74 Å². The Kier molecular flexibility index (Phi) is 6.81. The number of carbonyl (C=O) groups excluding carboxylic acids is 1. The molecule has 0 saturated carbocycles. The average molecular weight is 457 g/mol. The van der Waals surface area contributed by atoms with Crippen LogP contribution in [-0.4, -0.2) is 17.5 Å². The van der Waals surface area contributed by atoms with E-state index in [1.54, 1.807) is 34.6 Å². The number of amides is 1. The molecule has 174 valence electrons. The Bertz CT molecular complexity index is 1210. The molecular formula is C26H27F3N2O2. The topological polar surface area (TPSA) is 50.7 Å². The summed E-state index contributed by atoms with van der Waals surface area (Å²) in [5.41, 5.74) is 1.83. The first-order chi connectivity index (χ1) is 15.3. The van der Waals surface area contributed by atoms with Crippen LogP contribution in [0.3, 0.4) is 0 Å². The number of rotatable bonds is 3. The lowest BCUT2D eigenvalue weighted by Crippen LogP contribution is -2.35. The van der Waals surface area contributed by atoms with Gasteiger partial charge in [0.15, 0.2) is 0 Å². The Morgan fingerprint density at radius 1 is 0.970 bits per heavy atom. The van der Waals surface area contributed by atoms with Gasteiger partial charge in [-0.05, 0) is 79.8 Å². The van der Waals surface area contributed by atoms with Crippen LogP contribution >= 0.6 is 0 Å². The minimum Gasteiger partial charge on any atom is -0.444 e. The predicted molar refractivity (Wildman–Crippen MR) is 125 cm³/mol. The number of nitrogens with one attached hydrogen (secondary N) is 1. The van der Waals surface area contributed by atoms with Crippen molar-refractivity contribution in [3.8, 4) is 11.1 Å². The summed E-state index contributed by atoms with van der Waals surface area (Å²) in [5, 5.41) is 4.48. The summed E-state index contributed by atoms with van der Waals surface area (Å²) in [7, 11) is 0. The lowest BCUT2D eigenvalue weighted by atomic mass is 9.92. The van der Waals surface area contributed by atoms with Crippen molar-refractivity contribution >= 4 is 22.7 Å². The second-order valence-corrected chi connectivity index (χ2v) is 8.87. The zero-order chi connectivity index (χ0) is 24.4. The molecule has 0 radical (unpaired) electrons. The normalized spacial score (nSPS) is 12.7. The number of hydrogen-bond acceptors (Lipinski definition) is 3. The van der Waals surface area contributed by atoms with Crippen molar-refractivity contribution in [3.05, 3.63) is 71.3 Å². The van der Waals surface area contributed by atoms with Crippen molar-refractivity contribution in [1.29, 1.82) is 0 Å². The van der Waals surface area contributed by atoms with Gasteiger partial charge in [0.2, 0.25) is 0 Å². The number of amidine groups is 1. The van der Waals surface area contributed by atoms with E-state index in [1.165, 1.54) is 12.1 Å². The molecule has 1 amide bonds. The molecule has 3 rings (SSSR count). The molecule has 3 aromatic rings. The van der Waals surface area contributed by atoms with Gasteiger partial charge in [-0.25, -0.2) is 4.79 Å².